The molecule has 0 spiro atoms. The van der Waals surface area contributed by atoms with Crippen molar-refractivity contribution in [3.63, 3.8) is 0 Å². The topological polar surface area (TPSA) is 66.4 Å². The highest BCUT2D eigenvalue weighted by Crippen LogP contribution is 2.22. The lowest BCUT2D eigenvalue weighted by atomic mass is 10.2. The molecular formula is C14H12FNO3S2. The van der Waals surface area contributed by atoms with Crippen LogP contribution in [0.1, 0.15) is 15.2 Å². The standard InChI is InChI=1S/C14H12FNO3S2/c15-10-3-1-9(2-4-10)7-20-8-12(17)16-13-6-5-11(21-13)14(18)19/h1-6H,7-8H2,(H,16,17)(H,18,19). The van der Waals surface area contributed by atoms with E-state index in [2.05, 4.69) is 5.32 Å². The van der Waals surface area contributed by atoms with E-state index in [4.69, 9.17) is 5.11 Å². The Bertz CT molecular complexity index is 640. The maximum Gasteiger partial charge on any atom is 0.345 e. The van der Waals surface area contributed by atoms with Gasteiger partial charge in [0.2, 0.25) is 5.91 Å². The molecule has 0 saturated heterocycles. The molecule has 110 valence electrons. The van der Waals surface area contributed by atoms with Crippen LogP contribution >= 0.6 is 23.1 Å². The zero-order chi connectivity index (χ0) is 15.2. The molecule has 0 unspecified atom stereocenters. The van der Waals surface area contributed by atoms with E-state index in [9.17, 15) is 14.0 Å². The summed E-state index contributed by atoms with van der Waals surface area (Å²) in [5.41, 5.74) is 0.943. The largest absolute Gasteiger partial charge is 0.477 e. The van der Waals surface area contributed by atoms with Gasteiger partial charge in [-0.25, -0.2) is 9.18 Å². The number of hydrogen-bond acceptors (Lipinski definition) is 4. The molecule has 0 bridgehead atoms. The van der Waals surface area contributed by atoms with Crippen LogP contribution in [-0.2, 0) is 10.5 Å². The molecule has 0 radical (unpaired) electrons. The van der Waals surface area contributed by atoms with E-state index in [-0.39, 0.29) is 22.4 Å². The number of thiophene rings is 1. The van der Waals surface area contributed by atoms with Gasteiger partial charge in [-0.1, -0.05) is 12.1 Å². The van der Waals surface area contributed by atoms with Gasteiger partial charge in [-0.15, -0.1) is 23.1 Å². The number of carboxylic acids is 1. The Morgan fingerprint density at radius 2 is 1.90 bits per heavy atom. The molecule has 0 aliphatic heterocycles. The number of rotatable bonds is 6. The molecule has 2 rings (SSSR count). The van der Waals surface area contributed by atoms with Crippen molar-refractivity contribution in [3.05, 3.63) is 52.7 Å². The monoisotopic (exact) mass is 325 g/mol. The third kappa shape index (κ3) is 4.87. The summed E-state index contributed by atoms with van der Waals surface area (Å²) < 4.78 is 12.7. The molecule has 0 fully saturated rings. The molecule has 0 aliphatic rings. The summed E-state index contributed by atoms with van der Waals surface area (Å²) in [6.45, 7) is 0. The van der Waals surface area contributed by atoms with Gasteiger partial charge >= 0.3 is 5.97 Å². The third-order valence-corrected chi connectivity index (χ3v) is 4.49. The van der Waals surface area contributed by atoms with Crippen molar-refractivity contribution in [3.8, 4) is 0 Å². The highest BCUT2D eigenvalue weighted by atomic mass is 32.2. The minimum atomic E-state index is -1.01. The summed E-state index contributed by atoms with van der Waals surface area (Å²) in [7, 11) is 0. The first-order chi connectivity index (χ1) is 10.0. The third-order valence-electron chi connectivity index (χ3n) is 2.49. The summed E-state index contributed by atoms with van der Waals surface area (Å²) in [6, 6.07) is 9.15. The molecule has 2 aromatic rings. The molecule has 1 aromatic carbocycles. The SMILES string of the molecule is O=C(CSCc1ccc(F)cc1)Nc1ccc(C(=O)O)s1. The average Bonchev–Trinajstić information content (AvgIpc) is 2.90. The zero-order valence-electron chi connectivity index (χ0n) is 10.8. The summed E-state index contributed by atoms with van der Waals surface area (Å²) in [6.07, 6.45) is 0. The van der Waals surface area contributed by atoms with E-state index >= 15 is 0 Å². The fourth-order valence-corrected chi connectivity index (χ4v) is 3.08. The highest BCUT2D eigenvalue weighted by molar-refractivity contribution is 7.99. The van der Waals surface area contributed by atoms with Crippen LogP contribution in [0.15, 0.2) is 36.4 Å². The molecule has 4 nitrogen and oxygen atoms in total. The van der Waals surface area contributed by atoms with Crippen LogP contribution in [0.3, 0.4) is 0 Å². The second-order valence-corrected chi connectivity index (χ2v) is 6.21. The van der Waals surface area contributed by atoms with Crippen LogP contribution < -0.4 is 5.32 Å². The second-order valence-electron chi connectivity index (χ2n) is 4.14. The predicted octanol–water partition coefficient (Wildman–Crippen LogP) is 3.46. The number of amides is 1. The highest BCUT2D eigenvalue weighted by Gasteiger charge is 2.09. The van der Waals surface area contributed by atoms with E-state index in [1.54, 1.807) is 18.2 Å². The normalized spacial score (nSPS) is 10.3. The Kier molecular flexibility index (Phi) is 5.35. The Labute approximate surface area is 129 Å². The van der Waals surface area contributed by atoms with Crippen LogP contribution in [0.4, 0.5) is 9.39 Å². The summed E-state index contributed by atoms with van der Waals surface area (Å²) >= 11 is 2.42. The van der Waals surface area contributed by atoms with Gasteiger partial charge in [0.1, 0.15) is 10.7 Å². The Morgan fingerprint density at radius 1 is 1.19 bits per heavy atom. The minimum Gasteiger partial charge on any atom is -0.477 e. The number of aromatic carboxylic acids is 1. The van der Waals surface area contributed by atoms with Crippen molar-refractivity contribution in [2.45, 2.75) is 5.75 Å². The molecule has 1 amide bonds. The van der Waals surface area contributed by atoms with Crippen molar-refractivity contribution in [1.82, 2.24) is 0 Å². The quantitative estimate of drug-likeness (QED) is 0.853. The average molecular weight is 325 g/mol. The Balaban J connectivity index is 1.76. The lowest BCUT2D eigenvalue weighted by Crippen LogP contribution is -2.13. The van der Waals surface area contributed by atoms with Crippen LogP contribution in [0.2, 0.25) is 0 Å². The van der Waals surface area contributed by atoms with Gasteiger partial charge in [-0.2, -0.15) is 0 Å². The van der Waals surface area contributed by atoms with Crippen molar-refractivity contribution >= 4 is 40.0 Å². The number of halogens is 1. The van der Waals surface area contributed by atoms with Crippen LogP contribution in [-0.4, -0.2) is 22.7 Å². The van der Waals surface area contributed by atoms with Gasteiger partial charge in [0.25, 0.3) is 0 Å². The van der Waals surface area contributed by atoms with E-state index in [0.29, 0.717) is 10.8 Å². The molecule has 0 saturated carbocycles. The lowest BCUT2D eigenvalue weighted by molar-refractivity contribution is -0.113. The maximum atomic E-state index is 12.7. The van der Waals surface area contributed by atoms with Crippen LogP contribution in [0, 0.1) is 5.82 Å². The Hall–Kier alpha value is -1.86. The predicted molar refractivity (Wildman–Crippen MR) is 82.5 cm³/mol. The number of carboxylic acid groups (broad SMARTS) is 1. The summed E-state index contributed by atoms with van der Waals surface area (Å²) in [4.78, 5) is 22.6. The second kappa shape index (κ2) is 7.24. The first-order valence-corrected chi connectivity index (χ1v) is 7.97. The molecule has 0 aliphatic carbocycles. The van der Waals surface area contributed by atoms with Crippen LogP contribution in [0.5, 0.6) is 0 Å². The molecule has 0 atom stereocenters. The maximum absolute atomic E-state index is 12.7. The lowest BCUT2D eigenvalue weighted by Gasteiger charge is -2.03. The number of anilines is 1. The van der Waals surface area contributed by atoms with Gasteiger partial charge in [0, 0.05) is 5.75 Å². The van der Waals surface area contributed by atoms with E-state index in [1.807, 2.05) is 0 Å². The number of carbonyl (C=O) groups is 2. The number of benzene rings is 1. The van der Waals surface area contributed by atoms with Crippen molar-refractivity contribution in [2.75, 3.05) is 11.1 Å². The molecule has 2 N–H and O–H groups in total. The zero-order valence-corrected chi connectivity index (χ0v) is 12.5. The summed E-state index contributed by atoms with van der Waals surface area (Å²) in [5.74, 6) is -0.628. The minimum absolute atomic E-state index is 0.185. The van der Waals surface area contributed by atoms with Gasteiger partial charge in [-0.3, -0.25) is 4.79 Å². The van der Waals surface area contributed by atoms with Gasteiger partial charge in [0.15, 0.2) is 0 Å². The van der Waals surface area contributed by atoms with Gasteiger partial charge in [0.05, 0.1) is 10.8 Å². The van der Waals surface area contributed by atoms with E-state index in [1.165, 1.54) is 30.0 Å². The molecule has 7 heteroatoms. The fraction of sp³-hybridized carbons (Fsp3) is 0.143. The Morgan fingerprint density at radius 3 is 2.52 bits per heavy atom. The van der Waals surface area contributed by atoms with Crippen molar-refractivity contribution < 1.29 is 19.1 Å². The molecular weight excluding hydrogens is 313 g/mol. The summed E-state index contributed by atoms with van der Waals surface area (Å²) in [5, 5.41) is 11.9. The number of nitrogens with one attached hydrogen (secondary N) is 1. The number of thioether (sulfide) groups is 1. The first kappa shape index (κ1) is 15.5. The molecule has 1 heterocycles. The van der Waals surface area contributed by atoms with Crippen molar-refractivity contribution in [2.24, 2.45) is 0 Å². The number of carbonyl (C=O) groups excluding carboxylic acids is 1. The van der Waals surface area contributed by atoms with E-state index < -0.39 is 5.97 Å². The van der Waals surface area contributed by atoms with Crippen LogP contribution in [0.25, 0.3) is 0 Å². The van der Waals surface area contributed by atoms with Crippen molar-refractivity contribution in [1.29, 1.82) is 0 Å². The first-order valence-electron chi connectivity index (χ1n) is 6.00. The number of hydrogen-bond donors (Lipinski definition) is 2. The fourth-order valence-electron chi connectivity index (χ4n) is 1.54. The van der Waals surface area contributed by atoms with Gasteiger partial charge < -0.3 is 10.4 Å². The smallest absolute Gasteiger partial charge is 0.345 e. The van der Waals surface area contributed by atoms with Gasteiger partial charge in [-0.05, 0) is 29.8 Å². The molecule has 1 aromatic heterocycles. The van der Waals surface area contributed by atoms with E-state index in [0.717, 1.165) is 16.9 Å². The molecule has 21 heavy (non-hydrogen) atoms.